The molecular formula is C18H20FN3O4. The van der Waals surface area contributed by atoms with E-state index in [1.165, 1.54) is 13.3 Å². The number of hydrogen-bond donors (Lipinski definition) is 2. The monoisotopic (exact) mass is 361 g/mol. The van der Waals surface area contributed by atoms with Crippen LogP contribution in [-0.2, 0) is 4.79 Å². The molecule has 138 valence electrons. The standard InChI is InChI=1S/C18H20FN3O4/c1-9-13(7-19)14(22-17(9)24)8-26-18-11-6-15(25-2)12(16(20)23)5-10(11)3-4-21-18/h3-6,9,13-14H,7-8H2,1-2H3,(H2,20,23)(H,22,24)/t9-,13?,14+/m0/s1. The van der Waals surface area contributed by atoms with Crippen molar-refractivity contribution >= 4 is 22.6 Å². The van der Waals surface area contributed by atoms with Crippen molar-refractivity contribution in [3.8, 4) is 11.6 Å². The van der Waals surface area contributed by atoms with Gasteiger partial charge in [0.05, 0.1) is 25.4 Å². The van der Waals surface area contributed by atoms with Gasteiger partial charge in [-0.05, 0) is 23.6 Å². The van der Waals surface area contributed by atoms with Crippen molar-refractivity contribution in [3.05, 3.63) is 30.0 Å². The molecule has 1 aliphatic rings. The molecule has 3 rings (SSSR count). The maximum absolute atomic E-state index is 13.2. The molecule has 2 amide bonds. The highest BCUT2D eigenvalue weighted by Gasteiger charge is 2.39. The number of alkyl halides is 1. The van der Waals surface area contributed by atoms with Crippen molar-refractivity contribution in [2.45, 2.75) is 13.0 Å². The fourth-order valence-electron chi connectivity index (χ4n) is 3.19. The average molecular weight is 361 g/mol. The van der Waals surface area contributed by atoms with E-state index in [4.69, 9.17) is 15.2 Å². The Kier molecular flexibility index (Phi) is 4.92. The Bertz CT molecular complexity index is 858. The third kappa shape index (κ3) is 3.14. The number of fused-ring (bicyclic) bond motifs is 1. The number of primary amides is 1. The maximum atomic E-state index is 13.2. The molecule has 1 aliphatic heterocycles. The van der Waals surface area contributed by atoms with Crippen LogP contribution in [0.25, 0.3) is 10.8 Å². The lowest BCUT2D eigenvalue weighted by Crippen LogP contribution is -2.35. The summed E-state index contributed by atoms with van der Waals surface area (Å²) in [6.07, 6.45) is 1.54. The molecule has 1 aromatic heterocycles. The minimum atomic E-state index is -0.604. The van der Waals surface area contributed by atoms with E-state index < -0.39 is 30.5 Å². The van der Waals surface area contributed by atoms with Gasteiger partial charge in [0.25, 0.3) is 5.91 Å². The van der Waals surface area contributed by atoms with E-state index in [2.05, 4.69) is 10.3 Å². The highest BCUT2D eigenvalue weighted by atomic mass is 19.1. The molecule has 1 saturated heterocycles. The number of carbonyl (C=O) groups excluding carboxylic acids is 2. The van der Waals surface area contributed by atoms with Gasteiger partial charge < -0.3 is 20.5 Å². The molecule has 8 heteroatoms. The Labute approximate surface area is 149 Å². The Morgan fingerprint density at radius 1 is 1.42 bits per heavy atom. The minimum absolute atomic E-state index is 0.0939. The second-order valence-electron chi connectivity index (χ2n) is 6.29. The van der Waals surface area contributed by atoms with Crippen LogP contribution >= 0.6 is 0 Å². The first-order chi connectivity index (χ1) is 12.5. The topological polar surface area (TPSA) is 104 Å². The van der Waals surface area contributed by atoms with Gasteiger partial charge in [0.15, 0.2) is 0 Å². The van der Waals surface area contributed by atoms with E-state index in [1.807, 2.05) is 0 Å². The third-order valence-corrected chi connectivity index (χ3v) is 4.79. The zero-order valence-corrected chi connectivity index (χ0v) is 14.5. The van der Waals surface area contributed by atoms with E-state index in [0.29, 0.717) is 22.4 Å². The summed E-state index contributed by atoms with van der Waals surface area (Å²) in [5, 5.41) is 4.08. The summed E-state index contributed by atoms with van der Waals surface area (Å²) in [6.45, 7) is 1.19. The van der Waals surface area contributed by atoms with Crippen LogP contribution in [0.5, 0.6) is 11.6 Å². The van der Waals surface area contributed by atoms with Gasteiger partial charge in [-0.3, -0.25) is 14.0 Å². The van der Waals surface area contributed by atoms with Gasteiger partial charge >= 0.3 is 0 Å². The molecule has 3 N–H and O–H groups in total. The van der Waals surface area contributed by atoms with Crippen molar-refractivity contribution in [1.29, 1.82) is 0 Å². The summed E-state index contributed by atoms with van der Waals surface area (Å²) >= 11 is 0. The summed E-state index contributed by atoms with van der Waals surface area (Å²) in [5.41, 5.74) is 5.63. The summed E-state index contributed by atoms with van der Waals surface area (Å²) in [4.78, 5) is 27.5. The Balaban J connectivity index is 1.89. The van der Waals surface area contributed by atoms with Crippen molar-refractivity contribution in [2.24, 2.45) is 17.6 Å². The number of hydrogen-bond acceptors (Lipinski definition) is 5. The summed E-state index contributed by atoms with van der Waals surface area (Å²) in [6, 6.07) is 4.53. The molecule has 7 nitrogen and oxygen atoms in total. The molecule has 3 atom stereocenters. The number of nitrogens with zero attached hydrogens (tertiary/aromatic N) is 1. The van der Waals surface area contributed by atoms with Crippen molar-refractivity contribution in [1.82, 2.24) is 10.3 Å². The van der Waals surface area contributed by atoms with Crippen LogP contribution in [0.15, 0.2) is 24.4 Å². The van der Waals surface area contributed by atoms with Crippen molar-refractivity contribution in [2.75, 3.05) is 20.4 Å². The fourth-order valence-corrected chi connectivity index (χ4v) is 3.19. The number of halogens is 1. The summed E-state index contributed by atoms with van der Waals surface area (Å²) < 4.78 is 24.2. The SMILES string of the molecule is COc1cc2c(OC[C@H]3NC(=O)[C@@H](C)C3CF)nccc2cc1C(N)=O. The number of pyridine rings is 1. The second kappa shape index (κ2) is 7.15. The van der Waals surface area contributed by atoms with Gasteiger partial charge in [0.1, 0.15) is 12.4 Å². The molecule has 0 bridgehead atoms. The molecular weight excluding hydrogens is 341 g/mol. The number of nitrogens with two attached hydrogens (primary N) is 1. The van der Waals surface area contributed by atoms with Gasteiger partial charge in [-0.1, -0.05) is 6.92 Å². The predicted molar refractivity (Wildman–Crippen MR) is 92.9 cm³/mol. The van der Waals surface area contributed by atoms with Crippen LogP contribution < -0.4 is 20.5 Å². The van der Waals surface area contributed by atoms with Crippen molar-refractivity contribution in [3.63, 3.8) is 0 Å². The number of carbonyl (C=O) groups is 2. The molecule has 1 unspecified atom stereocenters. The number of rotatable bonds is 6. The molecule has 2 aromatic rings. The first-order valence-corrected chi connectivity index (χ1v) is 8.22. The fraction of sp³-hybridized carbons (Fsp3) is 0.389. The van der Waals surface area contributed by atoms with Crippen LogP contribution in [0.4, 0.5) is 4.39 Å². The van der Waals surface area contributed by atoms with Crippen LogP contribution in [0.1, 0.15) is 17.3 Å². The van der Waals surface area contributed by atoms with Crippen LogP contribution in [-0.4, -0.2) is 43.2 Å². The van der Waals surface area contributed by atoms with E-state index in [0.717, 1.165) is 0 Å². The van der Waals surface area contributed by atoms with Gasteiger partial charge in [-0.15, -0.1) is 0 Å². The lowest BCUT2D eigenvalue weighted by atomic mass is 9.93. The number of methoxy groups -OCH3 is 1. The zero-order chi connectivity index (χ0) is 18.8. The van der Waals surface area contributed by atoms with Crippen LogP contribution in [0.3, 0.4) is 0 Å². The smallest absolute Gasteiger partial charge is 0.252 e. The first-order valence-electron chi connectivity index (χ1n) is 8.22. The Morgan fingerprint density at radius 2 is 2.19 bits per heavy atom. The number of benzene rings is 1. The lowest BCUT2D eigenvalue weighted by Gasteiger charge is -2.19. The largest absolute Gasteiger partial charge is 0.496 e. The van der Waals surface area contributed by atoms with Crippen LogP contribution in [0.2, 0.25) is 0 Å². The number of amides is 2. The first kappa shape index (κ1) is 17.9. The summed E-state index contributed by atoms with van der Waals surface area (Å²) in [5.74, 6) is -0.993. The molecule has 0 aliphatic carbocycles. The van der Waals surface area contributed by atoms with E-state index >= 15 is 0 Å². The zero-order valence-electron chi connectivity index (χ0n) is 14.5. The van der Waals surface area contributed by atoms with Gasteiger partial charge in [-0.25, -0.2) is 4.98 Å². The summed E-state index contributed by atoms with van der Waals surface area (Å²) in [7, 11) is 1.44. The van der Waals surface area contributed by atoms with E-state index in [1.54, 1.807) is 25.1 Å². The highest BCUT2D eigenvalue weighted by Crippen LogP contribution is 2.31. The Morgan fingerprint density at radius 3 is 2.85 bits per heavy atom. The van der Waals surface area contributed by atoms with Crippen LogP contribution in [0, 0.1) is 11.8 Å². The third-order valence-electron chi connectivity index (χ3n) is 4.79. The lowest BCUT2D eigenvalue weighted by molar-refractivity contribution is -0.122. The van der Waals surface area contributed by atoms with Gasteiger partial charge in [-0.2, -0.15) is 0 Å². The molecule has 26 heavy (non-hydrogen) atoms. The molecule has 2 heterocycles. The number of nitrogens with one attached hydrogen (secondary N) is 1. The van der Waals surface area contributed by atoms with E-state index in [-0.39, 0.29) is 18.1 Å². The Hall–Kier alpha value is -2.90. The predicted octanol–water partition coefficient (Wildman–Crippen LogP) is 1.44. The van der Waals surface area contributed by atoms with Crippen molar-refractivity contribution < 1.29 is 23.5 Å². The highest BCUT2D eigenvalue weighted by molar-refractivity contribution is 6.01. The molecule has 0 spiro atoms. The molecule has 1 fully saturated rings. The maximum Gasteiger partial charge on any atom is 0.252 e. The second-order valence-corrected chi connectivity index (χ2v) is 6.29. The molecule has 0 saturated carbocycles. The van der Waals surface area contributed by atoms with Gasteiger partial charge in [0, 0.05) is 23.4 Å². The number of aromatic nitrogens is 1. The number of ether oxygens (including phenoxy) is 2. The minimum Gasteiger partial charge on any atom is -0.496 e. The average Bonchev–Trinajstić information content (AvgIpc) is 2.91. The van der Waals surface area contributed by atoms with Gasteiger partial charge in [0.2, 0.25) is 11.8 Å². The quantitative estimate of drug-likeness (QED) is 0.810. The molecule has 0 radical (unpaired) electrons. The normalized spacial score (nSPS) is 22.3. The molecule has 1 aromatic carbocycles. The van der Waals surface area contributed by atoms with E-state index in [9.17, 15) is 14.0 Å².